The Labute approximate surface area is 110 Å². The van der Waals surface area contributed by atoms with Crippen molar-refractivity contribution >= 4 is 17.5 Å². The summed E-state index contributed by atoms with van der Waals surface area (Å²) in [5, 5.41) is 3.17. The topological polar surface area (TPSA) is 56.8 Å². The van der Waals surface area contributed by atoms with Crippen LogP contribution in [-0.2, 0) is 4.74 Å². The van der Waals surface area contributed by atoms with Crippen molar-refractivity contribution in [3.63, 3.8) is 0 Å². The van der Waals surface area contributed by atoms with Crippen molar-refractivity contribution in [2.24, 2.45) is 0 Å². The van der Waals surface area contributed by atoms with Crippen LogP contribution >= 0.6 is 11.6 Å². The van der Waals surface area contributed by atoms with Crippen LogP contribution in [0.1, 0.15) is 17.3 Å². The van der Waals surface area contributed by atoms with E-state index in [0.717, 1.165) is 0 Å². The summed E-state index contributed by atoms with van der Waals surface area (Å²) in [5.74, 6) is 0.755. The van der Waals surface area contributed by atoms with Gasteiger partial charge in [0.25, 0.3) is 5.91 Å². The average Bonchev–Trinajstić information content (AvgIpc) is 2.77. The van der Waals surface area contributed by atoms with E-state index in [4.69, 9.17) is 25.8 Å². The first-order chi connectivity index (χ1) is 8.61. The molecule has 1 atom stereocenters. The molecule has 0 unspecified atom stereocenters. The molecule has 0 aliphatic carbocycles. The third-order valence-corrected chi connectivity index (χ3v) is 2.76. The van der Waals surface area contributed by atoms with Crippen molar-refractivity contribution in [2.75, 3.05) is 20.5 Å². The van der Waals surface area contributed by atoms with Crippen molar-refractivity contribution in [3.05, 3.63) is 22.7 Å². The number of hydrogen-bond acceptors (Lipinski definition) is 4. The molecule has 1 N–H and O–H groups in total. The van der Waals surface area contributed by atoms with Gasteiger partial charge < -0.3 is 19.5 Å². The van der Waals surface area contributed by atoms with Gasteiger partial charge in [0.15, 0.2) is 11.5 Å². The molecular formula is C12H14ClNO4. The highest BCUT2D eigenvalue weighted by Crippen LogP contribution is 2.39. The van der Waals surface area contributed by atoms with Crippen molar-refractivity contribution in [1.82, 2.24) is 5.32 Å². The molecule has 2 rings (SSSR count). The van der Waals surface area contributed by atoms with Gasteiger partial charge in [-0.1, -0.05) is 11.6 Å². The molecule has 98 valence electrons. The van der Waals surface area contributed by atoms with Crippen LogP contribution in [-0.4, -0.2) is 32.5 Å². The first kappa shape index (κ1) is 13.0. The number of rotatable bonds is 4. The van der Waals surface area contributed by atoms with Gasteiger partial charge in [0, 0.05) is 18.7 Å². The summed E-state index contributed by atoms with van der Waals surface area (Å²) in [6.07, 6.45) is 0. The smallest absolute Gasteiger partial charge is 0.251 e. The first-order valence-electron chi connectivity index (χ1n) is 5.50. The van der Waals surface area contributed by atoms with Gasteiger partial charge in [-0.15, -0.1) is 0 Å². The van der Waals surface area contributed by atoms with Crippen LogP contribution in [0, 0.1) is 0 Å². The maximum absolute atomic E-state index is 12.0. The number of amides is 1. The van der Waals surface area contributed by atoms with Gasteiger partial charge in [-0.05, 0) is 19.1 Å². The average molecular weight is 272 g/mol. The van der Waals surface area contributed by atoms with Gasteiger partial charge in [-0.25, -0.2) is 0 Å². The van der Waals surface area contributed by atoms with Crippen molar-refractivity contribution in [2.45, 2.75) is 13.0 Å². The van der Waals surface area contributed by atoms with Gasteiger partial charge in [-0.2, -0.15) is 0 Å². The lowest BCUT2D eigenvalue weighted by Gasteiger charge is -2.13. The number of nitrogens with one attached hydrogen (secondary N) is 1. The normalized spacial score (nSPS) is 14.4. The summed E-state index contributed by atoms with van der Waals surface area (Å²) in [5.41, 5.74) is 0.437. The lowest BCUT2D eigenvalue weighted by atomic mass is 10.1. The predicted octanol–water partition coefficient (Wildman–Crippen LogP) is 1.83. The van der Waals surface area contributed by atoms with E-state index in [-0.39, 0.29) is 18.7 Å². The summed E-state index contributed by atoms with van der Waals surface area (Å²) in [7, 11) is 1.58. The van der Waals surface area contributed by atoms with Gasteiger partial charge in [0.2, 0.25) is 6.79 Å². The molecule has 0 saturated heterocycles. The number of benzene rings is 1. The second-order valence-corrected chi connectivity index (χ2v) is 4.43. The number of carbonyl (C=O) groups excluding carboxylic acids is 1. The predicted molar refractivity (Wildman–Crippen MR) is 66.4 cm³/mol. The zero-order chi connectivity index (χ0) is 13.1. The van der Waals surface area contributed by atoms with E-state index in [1.807, 2.05) is 6.92 Å². The quantitative estimate of drug-likeness (QED) is 0.908. The lowest BCUT2D eigenvalue weighted by molar-refractivity contribution is 0.0905. The van der Waals surface area contributed by atoms with E-state index in [1.54, 1.807) is 19.2 Å². The Balaban J connectivity index is 2.14. The summed E-state index contributed by atoms with van der Waals surface area (Å²) < 4.78 is 15.3. The molecule has 0 aromatic heterocycles. The van der Waals surface area contributed by atoms with Crippen LogP contribution in [0.2, 0.25) is 5.02 Å². The fraction of sp³-hybridized carbons (Fsp3) is 0.417. The van der Waals surface area contributed by atoms with Gasteiger partial charge >= 0.3 is 0 Å². The van der Waals surface area contributed by atoms with Crippen LogP contribution in [0.15, 0.2) is 12.1 Å². The third-order valence-electron chi connectivity index (χ3n) is 2.48. The standard InChI is InChI=1S/C12H14ClNO4/c1-7(5-16-2)14-12(15)8-3-9(13)11-10(4-8)17-6-18-11/h3-4,7H,5-6H2,1-2H3,(H,14,15)/t7-/m0/s1. The fourth-order valence-corrected chi connectivity index (χ4v) is 1.96. The monoisotopic (exact) mass is 271 g/mol. The molecule has 5 nitrogen and oxygen atoms in total. The van der Waals surface area contributed by atoms with E-state index in [2.05, 4.69) is 5.32 Å². The number of methoxy groups -OCH3 is 1. The minimum Gasteiger partial charge on any atom is -0.454 e. The minimum atomic E-state index is -0.222. The summed E-state index contributed by atoms with van der Waals surface area (Å²) in [4.78, 5) is 12.0. The molecular weight excluding hydrogens is 258 g/mol. The van der Waals surface area contributed by atoms with E-state index in [1.165, 1.54) is 0 Å². The SMILES string of the molecule is COC[C@H](C)NC(=O)c1cc(Cl)c2c(c1)OCO2. The maximum Gasteiger partial charge on any atom is 0.251 e. The van der Waals surface area contributed by atoms with Crippen molar-refractivity contribution in [3.8, 4) is 11.5 Å². The maximum atomic E-state index is 12.0. The Bertz CT molecular complexity index is 464. The van der Waals surface area contributed by atoms with Crippen LogP contribution in [0.4, 0.5) is 0 Å². The molecule has 0 bridgehead atoms. The van der Waals surface area contributed by atoms with Crippen molar-refractivity contribution < 1.29 is 19.0 Å². The molecule has 1 heterocycles. The van der Waals surface area contributed by atoms with Gasteiger partial charge in [0.1, 0.15) is 0 Å². The largest absolute Gasteiger partial charge is 0.454 e. The Morgan fingerprint density at radius 3 is 3.06 bits per heavy atom. The van der Waals surface area contributed by atoms with Gasteiger partial charge in [-0.3, -0.25) is 4.79 Å². The van der Waals surface area contributed by atoms with E-state index < -0.39 is 0 Å². The van der Waals surface area contributed by atoms with Crippen LogP contribution in [0.25, 0.3) is 0 Å². The molecule has 6 heteroatoms. The molecule has 1 aromatic rings. The third kappa shape index (κ3) is 2.68. The zero-order valence-corrected chi connectivity index (χ0v) is 10.9. The summed E-state index contributed by atoms with van der Waals surface area (Å²) in [6.45, 7) is 2.43. The molecule has 1 amide bonds. The van der Waals surface area contributed by atoms with Crippen LogP contribution < -0.4 is 14.8 Å². The van der Waals surface area contributed by atoms with E-state index >= 15 is 0 Å². The zero-order valence-electron chi connectivity index (χ0n) is 10.2. The molecule has 1 aliphatic rings. The van der Waals surface area contributed by atoms with Crippen LogP contribution in [0.3, 0.4) is 0 Å². The highest BCUT2D eigenvalue weighted by Gasteiger charge is 2.21. The highest BCUT2D eigenvalue weighted by atomic mass is 35.5. The molecule has 0 saturated carbocycles. The van der Waals surface area contributed by atoms with Gasteiger partial charge in [0.05, 0.1) is 11.6 Å². The van der Waals surface area contributed by atoms with E-state index in [9.17, 15) is 4.79 Å². The Kier molecular flexibility index (Phi) is 3.93. The Hall–Kier alpha value is -1.46. The molecule has 0 radical (unpaired) electrons. The molecule has 1 aromatic carbocycles. The number of carbonyl (C=O) groups is 1. The summed E-state index contributed by atoms with van der Waals surface area (Å²) in [6, 6.07) is 3.10. The van der Waals surface area contributed by atoms with E-state index in [0.29, 0.717) is 28.7 Å². The second kappa shape index (κ2) is 5.46. The number of halogens is 1. The molecule has 18 heavy (non-hydrogen) atoms. The number of hydrogen-bond donors (Lipinski definition) is 1. The minimum absolute atomic E-state index is 0.0771. The first-order valence-corrected chi connectivity index (χ1v) is 5.88. The lowest BCUT2D eigenvalue weighted by Crippen LogP contribution is -2.35. The van der Waals surface area contributed by atoms with Crippen LogP contribution in [0.5, 0.6) is 11.5 Å². The molecule has 0 spiro atoms. The number of ether oxygens (including phenoxy) is 3. The fourth-order valence-electron chi connectivity index (χ4n) is 1.70. The molecule has 1 aliphatic heterocycles. The van der Waals surface area contributed by atoms with Crippen molar-refractivity contribution in [1.29, 1.82) is 0 Å². The Morgan fingerprint density at radius 1 is 1.56 bits per heavy atom. The molecule has 0 fully saturated rings. The highest BCUT2D eigenvalue weighted by molar-refractivity contribution is 6.32. The second-order valence-electron chi connectivity index (χ2n) is 4.02. The Morgan fingerprint density at radius 2 is 2.33 bits per heavy atom. The summed E-state index contributed by atoms with van der Waals surface area (Å²) >= 11 is 6.01. The number of fused-ring (bicyclic) bond motifs is 1.